The van der Waals surface area contributed by atoms with Crippen molar-refractivity contribution in [3.8, 4) is 0 Å². The Labute approximate surface area is 229 Å². The number of benzene rings is 2. The van der Waals surface area contributed by atoms with Gasteiger partial charge >= 0.3 is 6.09 Å². The Morgan fingerprint density at radius 1 is 1.15 bits per heavy atom. The normalized spacial score (nSPS) is 20.4. The summed E-state index contributed by atoms with van der Waals surface area (Å²) in [6.07, 6.45) is -0.130. The van der Waals surface area contributed by atoms with Crippen molar-refractivity contribution < 1.29 is 36.6 Å². The van der Waals surface area contributed by atoms with Gasteiger partial charge in [0, 0.05) is 41.3 Å². The van der Waals surface area contributed by atoms with E-state index in [0.29, 0.717) is 25.1 Å². The van der Waals surface area contributed by atoms with Gasteiger partial charge in [0.15, 0.2) is 0 Å². The van der Waals surface area contributed by atoms with Gasteiger partial charge in [-0.25, -0.2) is 22.4 Å². The molecule has 3 aromatic rings. The second-order valence-electron chi connectivity index (χ2n) is 11.7. The molecule has 1 fully saturated rings. The molecule has 2 aliphatic heterocycles. The summed E-state index contributed by atoms with van der Waals surface area (Å²) in [5.74, 6) is -5.13. The maximum atomic E-state index is 15.8. The molecule has 40 heavy (non-hydrogen) atoms. The van der Waals surface area contributed by atoms with Gasteiger partial charge in [-0.3, -0.25) is 4.90 Å². The summed E-state index contributed by atoms with van der Waals surface area (Å²) in [6, 6.07) is 7.34. The molecule has 1 aromatic heterocycles. The summed E-state index contributed by atoms with van der Waals surface area (Å²) < 4.78 is 71.8. The van der Waals surface area contributed by atoms with Crippen LogP contribution in [0, 0.1) is 11.6 Å². The Kier molecular flexibility index (Phi) is 7.24. The third-order valence-electron chi connectivity index (χ3n) is 7.28. The van der Waals surface area contributed by atoms with Gasteiger partial charge in [-0.05, 0) is 52.3 Å². The largest absolute Gasteiger partial charge is 0.459 e. The van der Waals surface area contributed by atoms with Crippen LogP contribution in [0.2, 0.25) is 0 Å². The predicted molar refractivity (Wildman–Crippen MR) is 142 cm³/mol. The second kappa shape index (κ2) is 10.3. The fraction of sp³-hybridized carbons (Fsp3) is 0.483. The zero-order valence-electron chi connectivity index (χ0n) is 22.8. The summed E-state index contributed by atoms with van der Waals surface area (Å²) in [7, 11) is 0. The highest BCUT2D eigenvalue weighted by Gasteiger charge is 2.44. The highest BCUT2D eigenvalue weighted by Crippen LogP contribution is 2.45. The molecule has 2 atom stereocenters. The number of hydrogen-bond acceptors (Lipinski definition) is 6. The van der Waals surface area contributed by atoms with Crippen LogP contribution in [0.4, 0.5) is 28.0 Å². The number of carbonyl (C=O) groups excluding carboxylic acids is 1. The molecule has 11 heteroatoms. The molecule has 1 amide bonds. The molecular formula is C29H33F4N3O4. The van der Waals surface area contributed by atoms with Gasteiger partial charge in [0.2, 0.25) is 0 Å². The maximum absolute atomic E-state index is 15.8. The van der Waals surface area contributed by atoms with E-state index in [1.54, 1.807) is 39.8 Å². The molecule has 2 N–H and O–H groups in total. The lowest BCUT2D eigenvalue weighted by Gasteiger charge is -2.42. The number of fused-ring (bicyclic) bond motifs is 3. The molecule has 3 heterocycles. The Hall–Kier alpha value is -3.31. The number of aliphatic hydroxyl groups is 1. The molecule has 216 valence electrons. The van der Waals surface area contributed by atoms with Gasteiger partial charge in [-0.1, -0.05) is 18.2 Å². The summed E-state index contributed by atoms with van der Waals surface area (Å²) >= 11 is 0. The van der Waals surface area contributed by atoms with Crippen molar-refractivity contribution in [1.29, 1.82) is 0 Å². The fourth-order valence-electron chi connectivity index (χ4n) is 5.44. The minimum Gasteiger partial charge on any atom is -0.459 e. The molecule has 5 rings (SSSR count). The van der Waals surface area contributed by atoms with E-state index >= 15 is 8.78 Å². The van der Waals surface area contributed by atoms with Gasteiger partial charge in [0.1, 0.15) is 41.2 Å². The van der Waals surface area contributed by atoms with Gasteiger partial charge in [0.05, 0.1) is 12.6 Å². The van der Waals surface area contributed by atoms with E-state index in [9.17, 15) is 18.7 Å². The van der Waals surface area contributed by atoms with Gasteiger partial charge in [-0.15, -0.1) is 0 Å². The number of nitrogens with one attached hydrogen (secondary N) is 1. The SMILES string of the molecule is C[C@@H]1Cc2c(oc3ccccc23)C(c2c(F)cc(NC3CN(C(=O)OC(C)(C)C)C3)cc2F)N1CC(F)(F)CO. The third kappa shape index (κ3) is 5.49. The average Bonchev–Trinajstić information content (AvgIpc) is 3.19. The number of ether oxygens (including phenoxy) is 1. The first-order valence-electron chi connectivity index (χ1n) is 13.2. The van der Waals surface area contributed by atoms with Crippen molar-refractivity contribution in [1.82, 2.24) is 9.80 Å². The summed E-state index contributed by atoms with van der Waals surface area (Å²) in [5, 5.41) is 13.0. The van der Waals surface area contributed by atoms with Gasteiger partial charge in [-0.2, -0.15) is 0 Å². The van der Waals surface area contributed by atoms with Crippen molar-refractivity contribution in [3.63, 3.8) is 0 Å². The molecule has 0 bridgehead atoms. The average molecular weight is 564 g/mol. The smallest absolute Gasteiger partial charge is 0.410 e. The van der Waals surface area contributed by atoms with Crippen molar-refractivity contribution in [2.24, 2.45) is 0 Å². The fourth-order valence-corrected chi connectivity index (χ4v) is 5.44. The van der Waals surface area contributed by atoms with Gasteiger partial charge < -0.3 is 24.5 Å². The minimum absolute atomic E-state index is 0.161. The second-order valence-corrected chi connectivity index (χ2v) is 11.7. The number of hydrogen-bond donors (Lipinski definition) is 2. The van der Waals surface area contributed by atoms with Crippen LogP contribution in [0.3, 0.4) is 0 Å². The zero-order chi connectivity index (χ0) is 29.0. The summed E-state index contributed by atoms with van der Waals surface area (Å²) in [6.45, 7) is 5.30. The van der Waals surface area contributed by atoms with Crippen LogP contribution in [-0.4, -0.2) is 70.8 Å². The first-order valence-corrected chi connectivity index (χ1v) is 13.2. The van der Waals surface area contributed by atoms with E-state index < -0.39 is 60.1 Å². The van der Waals surface area contributed by atoms with Crippen LogP contribution in [0.15, 0.2) is 40.8 Å². The molecule has 2 aromatic carbocycles. The molecule has 7 nitrogen and oxygen atoms in total. The zero-order valence-corrected chi connectivity index (χ0v) is 22.8. The van der Waals surface area contributed by atoms with Crippen molar-refractivity contribution in [2.45, 2.75) is 63.8 Å². The monoisotopic (exact) mass is 563 g/mol. The van der Waals surface area contributed by atoms with E-state index in [1.165, 1.54) is 9.80 Å². The number of halogens is 4. The molecule has 0 aliphatic carbocycles. The number of furan rings is 1. The van der Waals surface area contributed by atoms with E-state index in [0.717, 1.165) is 23.1 Å². The highest BCUT2D eigenvalue weighted by atomic mass is 19.3. The number of anilines is 1. The quantitative estimate of drug-likeness (QED) is 0.375. The van der Waals surface area contributed by atoms with Crippen LogP contribution in [0.1, 0.15) is 50.6 Å². The molecule has 2 aliphatic rings. The number of nitrogens with zero attached hydrogens (tertiary/aromatic N) is 2. The molecule has 1 saturated heterocycles. The predicted octanol–water partition coefficient (Wildman–Crippen LogP) is 5.71. The molecule has 1 unspecified atom stereocenters. The highest BCUT2D eigenvalue weighted by molar-refractivity contribution is 5.83. The van der Waals surface area contributed by atoms with E-state index in [-0.39, 0.29) is 17.5 Å². The first-order chi connectivity index (χ1) is 18.8. The topological polar surface area (TPSA) is 78.2 Å². The van der Waals surface area contributed by atoms with Crippen LogP contribution < -0.4 is 5.32 Å². The third-order valence-corrected chi connectivity index (χ3v) is 7.28. The van der Waals surface area contributed by atoms with Crippen LogP contribution in [0.5, 0.6) is 0 Å². The number of amides is 1. The number of rotatable bonds is 6. The van der Waals surface area contributed by atoms with E-state index in [4.69, 9.17) is 9.15 Å². The van der Waals surface area contributed by atoms with Crippen molar-refractivity contribution >= 4 is 22.7 Å². The Morgan fingerprint density at radius 2 is 1.80 bits per heavy atom. The van der Waals surface area contributed by atoms with E-state index in [1.807, 2.05) is 12.1 Å². The molecular weight excluding hydrogens is 530 g/mol. The number of likely N-dealkylation sites (tertiary alicyclic amines) is 1. The summed E-state index contributed by atoms with van der Waals surface area (Å²) in [4.78, 5) is 15.0. The van der Waals surface area contributed by atoms with Crippen LogP contribution >= 0.6 is 0 Å². The van der Waals surface area contributed by atoms with Crippen LogP contribution in [-0.2, 0) is 11.2 Å². The molecule has 0 spiro atoms. The number of aliphatic hydroxyl groups excluding tert-OH is 1. The lowest BCUT2D eigenvalue weighted by Crippen LogP contribution is -2.57. The molecule has 0 radical (unpaired) electrons. The Morgan fingerprint density at radius 3 is 2.42 bits per heavy atom. The van der Waals surface area contributed by atoms with Gasteiger partial charge in [0.25, 0.3) is 5.92 Å². The Bertz CT molecular complexity index is 1390. The van der Waals surface area contributed by atoms with Crippen molar-refractivity contribution in [3.05, 3.63) is 64.9 Å². The number of alkyl halides is 2. The van der Waals surface area contributed by atoms with Crippen molar-refractivity contribution in [2.75, 3.05) is 31.6 Å². The minimum atomic E-state index is -3.49. The standard InChI is InChI=1S/C29H33F4N3O4/c1-16-9-20-19-7-5-6-8-23(19)39-26(20)25(36(16)14-29(32,33)15-37)24-21(30)10-17(11-22(24)31)34-18-12-35(13-18)27(38)40-28(2,3)4/h5-8,10-11,16,18,25,34,37H,9,12-15H2,1-4H3/t16-,25?/m1/s1. The number of para-hydroxylation sites is 1. The maximum Gasteiger partial charge on any atom is 0.410 e. The summed E-state index contributed by atoms with van der Waals surface area (Å²) in [5.41, 5.74) is 0.334. The first kappa shape index (κ1) is 28.2. The lowest BCUT2D eigenvalue weighted by molar-refractivity contribution is -0.0881. The lowest BCUT2D eigenvalue weighted by atomic mass is 9.88. The van der Waals surface area contributed by atoms with E-state index in [2.05, 4.69) is 5.32 Å². The molecule has 0 saturated carbocycles. The number of carbonyl (C=O) groups is 1. The van der Waals surface area contributed by atoms with Crippen LogP contribution in [0.25, 0.3) is 11.0 Å². The Balaban J connectivity index is 1.45.